The monoisotopic (exact) mass is 710 g/mol. The molecule has 0 N–H and O–H groups in total. The standard InChI is InChI=1S/C36H30N4O10S/c1-5-48-35(42)32-21(3)37-36-38(33(32)28-14-13-27(50-28)25-17-24(39(43)44)12-11-20(25)2)34(41)31(51-36)16-23-15-29(47-4)30(18-26(23)40(45)46)49-19-22-9-7-6-8-10-22/h6-18,33H,5,19H2,1-4H3/b31-16-/t33-/m0/s1. The molecule has 1 aliphatic heterocycles. The Morgan fingerprint density at radius 2 is 1.78 bits per heavy atom. The highest BCUT2D eigenvalue weighted by Crippen LogP contribution is 2.37. The maximum absolute atomic E-state index is 14.2. The van der Waals surface area contributed by atoms with Crippen LogP contribution >= 0.6 is 11.3 Å². The molecule has 0 amide bonds. The van der Waals surface area contributed by atoms with Gasteiger partial charge < -0.3 is 18.6 Å². The lowest BCUT2D eigenvalue weighted by molar-refractivity contribution is -0.385. The summed E-state index contributed by atoms with van der Waals surface area (Å²) < 4.78 is 24.3. The summed E-state index contributed by atoms with van der Waals surface area (Å²) in [5.74, 6) is 0.105. The molecule has 51 heavy (non-hydrogen) atoms. The minimum absolute atomic E-state index is 0.0552. The van der Waals surface area contributed by atoms with E-state index in [1.807, 2.05) is 30.3 Å². The molecule has 260 valence electrons. The second-order valence-corrected chi connectivity index (χ2v) is 12.4. The van der Waals surface area contributed by atoms with Crippen molar-refractivity contribution in [3.63, 3.8) is 0 Å². The highest BCUT2D eigenvalue weighted by molar-refractivity contribution is 7.07. The van der Waals surface area contributed by atoms with Gasteiger partial charge in [-0.05, 0) is 56.2 Å². The molecule has 0 saturated heterocycles. The number of benzene rings is 3. The lowest BCUT2D eigenvalue weighted by atomic mass is 10.0. The first kappa shape index (κ1) is 34.5. The molecule has 3 aromatic carbocycles. The van der Waals surface area contributed by atoms with E-state index in [0.29, 0.717) is 11.1 Å². The zero-order valence-corrected chi connectivity index (χ0v) is 28.6. The van der Waals surface area contributed by atoms with E-state index in [-0.39, 0.29) is 73.8 Å². The Labute approximate surface area is 293 Å². The Morgan fingerprint density at radius 1 is 1.02 bits per heavy atom. The average molecular weight is 711 g/mol. The molecule has 14 nitrogen and oxygen atoms in total. The number of hydrogen-bond donors (Lipinski definition) is 0. The summed E-state index contributed by atoms with van der Waals surface area (Å²) in [5.41, 5.74) is 1.37. The first-order chi connectivity index (χ1) is 24.5. The molecule has 1 aliphatic rings. The Balaban J connectivity index is 1.48. The predicted molar refractivity (Wildman–Crippen MR) is 186 cm³/mol. The van der Waals surface area contributed by atoms with E-state index in [1.165, 1.54) is 42.0 Å². The molecule has 0 bridgehead atoms. The Morgan fingerprint density at radius 3 is 2.47 bits per heavy atom. The van der Waals surface area contributed by atoms with Crippen LogP contribution in [-0.4, -0.2) is 34.1 Å². The first-order valence-electron chi connectivity index (χ1n) is 15.6. The number of nitrogens with zero attached hydrogens (tertiary/aromatic N) is 4. The number of ether oxygens (including phenoxy) is 3. The summed E-state index contributed by atoms with van der Waals surface area (Å²) in [5, 5.41) is 23.7. The summed E-state index contributed by atoms with van der Waals surface area (Å²) in [6.07, 6.45) is 1.37. The van der Waals surface area contributed by atoms with Crippen LogP contribution in [0.25, 0.3) is 17.4 Å². The third kappa shape index (κ3) is 6.78. The fraction of sp³-hybridized carbons (Fsp3) is 0.194. The van der Waals surface area contributed by atoms with Crippen LogP contribution in [0.5, 0.6) is 11.5 Å². The lowest BCUT2D eigenvalue weighted by Crippen LogP contribution is -2.39. The third-order valence-electron chi connectivity index (χ3n) is 8.14. The molecule has 2 aromatic heterocycles. The number of nitro groups is 2. The summed E-state index contributed by atoms with van der Waals surface area (Å²) >= 11 is 0.973. The first-order valence-corrected chi connectivity index (χ1v) is 16.4. The van der Waals surface area contributed by atoms with Gasteiger partial charge in [-0.2, -0.15) is 0 Å². The fourth-order valence-corrected chi connectivity index (χ4v) is 6.72. The van der Waals surface area contributed by atoms with Gasteiger partial charge in [-0.3, -0.25) is 29.6 Å². The molecule has 0 unspecified atom stereocenters. The summed E-state index contributed by atoms with van der Waals surface area (Å²) in [7, 11) is 1.40. The van der Waals surface area contributed by atoms with Gasteiger partial charge in [0.2, 0.25) is 0 Å². The van der Waals surface area contributed by atoms with Gasteiger partial charge in [0.05, 0.1) is 51.0 Å². The number of fused-ring (bicyclic) bond motifs is 1. The van der Waals surface area contributed by atoms with Crippen LogP contribution in [0.15, 0.2) is 98.3 Å². The number of carbonyl (C=O) groups is 1. The number of allylic oxidation sites excluding steroid dienone is 1. The Bertz CT molecular complexity index is 2410. The second-order valence-electron chi connectivity index (χ2n) is 11.4. The van der Waals surface area contributed by atoms with Gasteiger partial charge in [-0.1, -0.05) is 47.7 Å². The molecule has 0 saturated carbocycles. The zero-order chi connectivity index (χ0) is 36.4. The second kappa shape index (κ2) is 14.2. The number of non-ortho nitro benzene ring substituents is 1. The van der Waals surface area contributed by atoms with Gasteiger partial charge in [0.25, 0.3) is 16.9 Å². The SMILES string of the molecule is CCOC(=O)C1=C(C)N=c2s/c(=C\c3cc(OC)c(OCc4ccccc4)cc3[N+](=O)[O-])c(=O)n2[C@H]1c1ccc(-c2cc([N+](=O)[O-])ccc2C)o1. The molecule has 3 heterocycles. The highest BCUT2D eigenvalue weighted by atomic mass is 32.1. The van der Waals surface area contributed by atoms with Crippen molar-refractivity contribution < 1.29 is 33.3 Å². The maximum Gasteiger partial charge on any atom is 0.338 e. The van der Waals surface area contributed by atoms with Crippen molar-refractivity contribution in [2.24, 2.45) is 4.99 Å². The Kier molecular flexibility index (Phi) is 9.64. The molecular weight excluding hydrogens is 680 g/mol. The number of rotatable bonds is 11. The smallest absolute Gasteiger partial charge is 0.338 e. The molecule has 6 rings (SSSR count). The van der Waals surface area contributed by atoms with Crippen molar-refractivity contribution in [2.75, 3.05) is 13.7 Å². The largest absolute Gasteiger partial charge is 0.493 e. The van der Waals surface area contributed by atoms with Crippen LogP contribution in [0.1, 0.15) is 42.3 Å². The van der Waals surface area contributed by atoms with Crippen LogP contribution in [0, 0.1) is 27.2 Å². The normalized spacial score (nSPS) is 14.1. The molecule has 5 aromatic rings. The van der Waals surface area contributed by atoms with Crippen molar-refractivity contribution >= 4 is 34.8 Å². The zero-order valence-electron chi connectivity index (χ0n) is 27.8. The van der Waals surface area contributed by atoms with Crippen molar-refractivity contribution in [2.45, 2.75) is 33.4 Å². The number of nitro benzene ring substituents is 2. The number of methoxy groups -OCH3 is 1. The van der Waals surface area contributed by atoms with E-state index in [1.54, 1.807) is 39.0 Å². The summed E-state index contributed by atoms with van der Waals surface area (Å²) in [6, 6.07) is 18.4. The summed E-state index contributed by atoms with van der Waals surface area (Å²) in [4.78, 5) is 55.0. The van der Waals surface area contributed by atoms with Crippen molar-refractivity contribution in [1.82, 2.24) is 4.57 Å². The minimum Gasteiger partial charge on any atom is -0.493 e. The number of carbonyl (C=O) groups excluding carboxylic acids is 1. The van der Waals surface area contributed by atoms with Crippen LogP contribution in [0.2, 0.25) is 0 Å². The molecule has 0 aliphatic carbocycles. The van der Waals surface area contributed by atoms with Crippen LogP contribution < -0.4 is 24.4 Å². The van der Waals surface area contributed by atoms with Crippen LogP contribution in [0.3, 0.4) is 0 Å². The summed E-state index contributed by atoms with van der Waals surface area (Å²) in [6.45, 7) is 5.22. The maximum atomic E-state index is 14.2. The van der Waals surface area contributed by atoms with E-state index < -0.39 is 27.4 Å². The predicted octanol–water partition coefficient (Wildman–Crippen LogP) is 5.77. The molecule has 0 fully saturated rings. The van der Waals surface area contributed by atoms with Crippen LogP contribution in [0.4, 0.5) is 11.4 Å². The van der Waals surface area contributed by atoms with Gasteiger partial charge >= 0.3 is 5.97 Å². The number of aryl methyl sites for hydroxylation is 1. The third-order valence-corrected chi connectivity index (χ3v) is 9.13. The van der Waals surface area contributed by atoms with Gasteiger partial charge in [0.15, 0.2) is 16.3 Å². The van der Waals surface area contributed by atoms with E-state index in [9.17, 15) is 29.8 Å². The van der Waals surface area contributed by atoms with Crippen molar-refractivity contribution in [3.8, 4) is 22.8 Å². The van der Waals surface area contributed by atoms with Gasteiger partial charge in [0.1, 0.15) is 24.2 Å². The molecule has 0 radical (unpaired) electrons. The number of aromatic nitrogens is 1. The van der Waals surface area contributed by atoms with Gasteiger partial charge in [-0.15, -0.1) is 0 Å². The van der Waals surface area contributed by atoms with Crippen LogP contribution in [-0.2, 0) is 16.1 Å². The van der Waals surface area contributed by atoms with E-state index in [0.717, 1.165) is 16.9 Å². The lowest BCUT2D eigenvalue weighted by Gasteiger charge is -2.22. The molecule has 1 atom stereocenters. The Hall–Kier alpha value is -6.35. The molecular formula is C36H30N4O10S. The van der Waals surface area contributed by atoms with Crippen molar-refractivity contribution in [1.29, 1.82) is 0 Å². The quantitative estimate of drug-likeness (QED) is 0.0928. The fourth-order valence-electron chi connectivity index (χ4n) is 5.68. The number of thiazole rings is 1. The highest BCUT2D eigenvalue weighted by Gasteiger charge is 2.36. The van der Waals surface area contributed by atoms with Gasteiger partial charge in [-0.25, -0.2) is 9.79 Å². The van der Waals surface area contributed by atoms with Gasteiger partial charge in [0, 0.05) is 17.7 Å². The topological polar surface area (TPSA) is 179 Å². The number of furan rings is 1. The van der Waals surface area contributed by atoms with E-state index in [4.69, 9.17) is 18.6 Å². The van der Waals surface area contributed by atoms with E-state index >= 15 is 0 Å². The minimum atomic E-state index is -1.13. The van der Waals surface area contributed by atoms with E-state index in [2.05, 4.69) is 4.99 Å². The molecule has 0 spiro atoms. The number of esters is 1. The average Bonchev–Trinajstić information content (AvgIpc) is 3.71. The molecule has 15 heteroatoms. The number of hydrogen-bond acceptors (Lipinski definition) is 12. The van der Waals surface area contributed by atoms with Crippen molar-refractivity contribution in [3.05, 3.63) is 146 Å².